The van der Waals surface area contributed by atoms with Gasteiger partial charge in [0.2, 0.25) is 0 Å². The minimum absolute atomic E-state index is 0.307. The van der Waals surface area contributed by atoms with Gasteiger partial charge in [-0.3, -0.25) is 10.3 Å². The van der Waals surface area contributed by atoms with Gasteiger partial charge in [-0.1, -0.05) is 36.4 Å². The molecule has 2 aromatic rings. The second-order valence-electron chi connectivity index (χ2n) is 3.86. The van der Waals surface area contributed by atoms with Crippen molar-refractivity contribution < 1.29 is 9.23 Å². The van der Waals surface area contributed by atoms with Crippen LogP contribution >= 0.6 is 0 Å². The minimum atomic E-state index is -0.307. The summed E-state index contributed by atoms with van der Waals surface area (Å²) in [7, 11) is 0. The van der Waals surface area contributed by atoms with Crippen LogP contribution in [0.3, 0.4) is 0 Å². The maximum Gasteiger partial charge on any atom is 0.148 e. The molecule has 0 bridgehead atoms. The highest BCUT2D eigenvalue weighted by atomic mass is 19.1. The summed E-state index contributed by atoms with van der Waals surface area (Å²) >= 11 is 0. The normalized spacial score (nSPS) is 10.2. The zero-order valence-corrected chi connectivity index (χ0v) is 9.61. The molecular formula is C14H14FNO. The third-order valence-electron chi connectivity index (χ3n) is 2.39. The first-order chi connectivity index (χ1) is 8.25. The van der Waals surface area contributed by atoms with Gasteiger partial charge in [-0.2, -0.15) is 0 Å². The summed E-state index contributed by atoms with van der Waals surface area (Å²) < 4.78 is 13.4. The highest BCUT2D eigenvalue weighted by Gasteiger charge is 2.01. The van der Waals surface area contributed by atoms with Gasteiger partial charge >= 0.3 is 0 Å². The molecule has 3 heteroatoms. The molecule has 0 atom stereocenters. The number of halogens is 1. The summed E-state index contributed by atoms with van der Waals surface area (Å²) in [6, 6.07) is 14.7. The van der Waals surface area contributed by atoms with Gasteiger partial charge in [0.15, 0.2) is 0 Å². The Balaban J connectivity index is 1.90. The average Bonchev–Trinajstić information content (AvgIpc) is 2.33. The highest BCUT2D eigenvalue weighted by Crippen LogP contribution is 2.15. The molecule has 0 unspecified atom stereocenters. The summed E-state index contributed by atoms with van der Waals surface area (Å²) in [4.78, 5) is 5.24. The van der Waals surface area contributed by atoms with E-state index >= 15 is 0 Å². The molecule has 1 N–H and O–H groups in total. The fourth-order valence-electron chi connectivity index (χ4n) is 1.47. The van der Waals surface area contributed by atoms with Gasteiger partial charge in [0.25, 0.3) is 0 Å². The van der Waals surface area contributed by atoms with Gasteiger partial charge in [-0.15, -0.1) is 0 Å². The molecular weight excluding hydrogens is 217 g/mol. The van der Waals surface area contributed by atoms with Crippen LogP contribution in [0.15, 0.2) is 48.5 Å². The van der Waals surface area contributed by atoms with E-state index in [9.17, 15) is 4.39 Å². The maximum absolute atomic E-state index is 13.4. The van der Waals surface area contributed by atoms with E-state index in [-0.39, 0.29) is 5.82 Å². The van der Waals surface area contributed by atoms with Gasteiger partial charge in [-0.05, 0) is 30.2 Å². The van der Waals surface area contributed by atoms with Crippen LogP contribution in [0.25, 0.3) is 0 Å². The lowest BCUT2D eigenvalue weighted by Crippen LogP contribution is -2.03. The third kappa shape index (κ3) is 3.29. The maximum atomic E-state index is 13.4. The highest BCUT2D eigenvalue weighted by molar-refractivity contribution is 5.44. The molecule has 0 aliphatic rings. The van der Waals surface area contributed by atoms with Crippen LogP contribution < -0.4 is 5.48 Å². The van der Waals surface area contributed by atoms with Crippen LogP contribution in [0, 0.1) is 12.7 Å². The Bertz CT molecular complexity index is 485. The number of hydrogen-bond donors (Lipinski definition) is 1. The van der Waals surface area contributed by atoms with Gasteiger partial charge in [0.05, 0.1) is 12.3 Å². The first kappa shape index (κ1) is 11.6. The largest absolute Gasteiger partial charge is 0.271 e. The quantitative estimate of drug-likeness (QED) is 0.810. The number of nitrogens with one attached hydrogen (secondary N) is 1. The monoisotopic (exact) mass is 231 g/mol. The van der Waals surface area contributed by atoms with Gasteiger partial charge in [0, 0.05) is 0 Å². The lowest BCUT2D eigenvalue weighted by atomic mass is 10.2. The Kier molecular flexibility index (Phi) is 3.73. The summed E-state index contributed by atoms with van der Waals surface area (Å²) in [5.74, 6) is -0.307. The fourth-order valence-corrected chi connectivity index (χ4v) is 1.47. The van der Waals surface area contributed by atoms with Gasteiger partial charge in [-0.25, -0.2) is 4.39 Å². The van der Waals surface area contributed by atoms with Crippen molar-refractivity contribution in [1.82, 2.24) is 0 Å². The summed E-state index contributed by atoms with van der Waals surface area (Å²) in [6.07, 6.45) is 0. The van der Waals surface area contributed by atoms with Crippen molar-refractivity contribution in [3.05, 3.63) is 65.5 Å². The molecule has 0 saturated heterocycles. The van der Waals surface area contributed by atoms with Crippen molar-refractivity contribution in [2.45, 2.75) is 13.5 Å². The smallest absolute Gasteiger partial charge is 0.148 e. The molecule has 2 aromatic carbocycles. The lowest BCUT2D eigenvalue weighted by molar-refractivity contribution is 0.179. The molecule has 2 nitrogen and oxygen atoms in total. The van der Waals surface area contributed by atoms with Crippen molar-refractivity contribution in [2.24, 2.45) is 0 Å². The topological polar surface area (TPSA) is 21.3 Å². The van der Waals surface area contributed by atoms with Crippen LogP contribution in [0.4, 0.5) is 10.1 Å². The van der Waals surface area contributed by atoms with Crippen LogP contribution in [-0.4, -0.2) is 0 Å². The number of rotatable bonds is 4. The number of benzene rings is 2. The second-order valence-corrected chi connectivity index (χ2v) is 3.86. The van der Waals surface area contributed by atoms with E-state index in [2.05, 4.69) is 5.48 Å². The van der Waals surface area contributed by atoms with Crippen LogP contribution in [0.5, 0.6) is 0 Å². The molecule has 0 aromatic heterocycles. The molecule has 0 spiro atoms. The Morgan fingerprint density at radius 2 is 1.88 bits per heavy atom. The van der Waals surface area contributed by atoms with Crippen molar-refractivity contribution in [1.29, 1.82) is 0 Å². The summed E-state index contributed by atoms with van der Waals surface area (Å²) in [5.41, 5.74) is 4.89. The van der Waals surface area contributed by atoms with E-state index in [1.54, 1.807) is 6.07 Å². The molecule has 2 rings (SSSR count). The molecule has 88 valence electrons. The second kappa shape index (κ2) is 5.46. The standard InChI is InChI=1S/C14H14FNO/c1-11-7-8-14(13(15)9-11)16-17-10-12-5-3-2-4-6-12/h2-9,16H,10H2,1H3. The molecule has 0 amide bonds. The first-order valence-electron chi connectivity index (χ1n) is 5.43. The first-order valence-corrected chi connectivity index (χ1v) is 5.43. The van der Waals surface area contributed by atoms with Crippen molar-refractivity contribution in [3.63, 3.8) is 0 Å². The molecule has 0 heterocycles. The zero-order valence-electron chi connectivity index (χ0n) is 9.61. The molecule has 0 aliphatic carbocycles. The Morgan fingerprint density at radius 1 is 1.12 bits per heavy atom. The van der Waals surface area contributed by atoms with Gasteiger partial charge < -0.3 is 0 Å². The molecule has 0 aliphatic heterocycles. The van der Waals surface area contributed by atoms with Crippen molar-refractivity contribution >= 4 is 5.69 Å². The molecule has 0 radical (unpaired) electrons. The molecule has 17 heavy (non-hydrogen) atoms. The predicted octanol–water partition coefficient (Wildman–Crippen LogP) is 3.68. The average molecular weight is 231 g/mol. The Labute approximate surface area is 100 Å². The van der Waals surface area contributed by atoms with Crippen molar-refractivity contribution in [3.8, 4) is 0 Å². The third-order valence-corrected chi connectivity index (χ3v) is 2.39. The Hall–Kier alpha value is -1.87. The van der Waals surface area contributed by atoms with E-state index in [0.29, 0.717) is 12.3 Å². The SMILES string of the molecule is Cc1ccc(NOCc2ccccc2)c(F)c1. The van der Waals surface area contributed by atoms with E-state index in [1.165, 1.54) is 6.07 Å². The number of aryl methyl sites for hydroxylation is 1. The van der Waals surface area contributed by atoms with Crippen LogP contribution in [0.2, 0.25) is 0 Å². The number of anilines is 1. The Morgan fingerprint density at radius 3 is 2.59 bits per heavy atom. The van der Waals surface area contributed by atoms with Gasteiger partial charge in [0.1, 0.15) is 5.82 Å². The number of hydrogen-bond acceptors (Lipinski definition) is 2. The zero-order chi connectivity index (χ0) is 12.1. The van der Waals surface area contributed by atoms with E-state index < -0.39 is 0 Å². The van der Waals surface area contributed by atoms with E-state index in [0.717, 1.165) is 11.1 Å². The van der Waals surface area contributed by atoms with Crippen LogP contribution in [0.1, 0.15) is 11.1 Å². The molecule has 0 saturated carbocycles. The van der Waals surface area contributed by atoms with E-state index in [4.69, 9.17) is 4.84 Å². The van der Waals surface area contributed by atoms with Crippen LogP contribution in [-0.2, 0) is 11.4 Å². The summed E-state index contributed by atoms with van der Waals surface area (Å²) in [6.45, 7) is 2.24. The fraction of sp³-hybridized carbons (Fsp3) is 0.143. The minimum Gasteiger partial charge on any atom is -0.271 e. The lowest BCUT2D eigenvalue weighted by Gasteiger charge is -2.08. The predicted molar refractivity (Wildman–Crippen MR) is 66.0 cm³/mol. The molecule has 0 fully saturated rings. The van der Waals surface area contributed by atoms with E-state index in [1.807, 2.05) is 43.3 Å². The summed E-state index contributed by atoms with van der Waals surface area (Å²) in [5, 5.41) is 0. The van der Waals surface area contributed by atoms with Crippen molar-refractivity contribution in [2.75, 3.05) is 5.48 Å².